The standard InChI is InChI=1S/C10H17N3O2S.ClH/c1-4-8-10(13-16(3,14)15)6-5-9(12-8)7(2)11;/h5-7,13H,4,11H2,1-3H3;1H/t7-;/m1./s1. The number of aromatic nitrogens is 1. The Bertz CT molecular complexity index is 474. The number of rotatable bonds is 4. The number of hydrogen-bond acceptors (Lipinski definition) is 4. The van der Waals surface area contributed by atoms with Gasteiger partial charge in [-0.1, -0.05) is 6.92 Å². The van der Waals surface area contributed by atoms with E-state index < -0.39 is 10.0 Å². The largest absolute Gasteiger partial charge is 0.323 e. The van der Waals surface area contributed by atoms with Gasteiger partial charge in [0, 0.05) is 6.04 Å². The topological polar surface area (TPSA) is 85.1 Å². The molecule has 0 amide bonds. The van der Waals surface area contributed by atoms with Crippen molar-refractivity contribution in [3.05, 3.63) is 23.5 Å². The van der Waals surface area contributed by atoms with E-state index in [1.165, 1.54) is 0 Å². The average Bonchev–Trinajstić information content (AvgIpc) is 2.15. The number of nitrogens with one attached hydrogen (secondary N) is 1. The van der Waals surface area contributed by atoms with Crippen LogP contribution >= 0.6 is 12.4 Å². The van der Waals surface area contributed by atoms with Crippen LogP contribution < -0.4 is 10.5 Å². The Kier molecular flexibility index (Phi) is 5.87. The van der Waals surface area contributed by atoms with Gasteiger partial charge in [0.2, 0.25) is 10.0 Å². The van der Waals surface area contributed by atoms with Gasteiger partial charge < -0.3 is 5.73 Å². The minimum absolute atomic E-state index is 0. The molecule has 1 heterocycles. The maximum Gasteiger partial charge on any atom is 0.229 e. The Labute approximate surface area is 108 Å². The Balaban J connectivity index is 0.00000256. The molecule has 3 N–H and O–H groups in total. The van der Waals surface area contributed by atoms with Crippen LogP contribution in [0.2, 0.25) is 0 Å². The Morgan fingerprint density at radius 1 is 1.47 bits per heavy atom. The highest BCUT2D eigenvalue weighted by atomic mass is 35.5. The van der Waals surface area contributed by atoms with Crippen molar-refractivity contribution in [3.63, 3.8) is 0 Å². The maximum absolute atomic E-state index is 11.1. The summed E-state index contributed by atoms with van der Waals surface area (Å²) < 4.78 is 24.7. The molecule has 0 aromatic carbocycles. The van der Waals surface area contributed by atoms with Crippen LogP contribution in [0.15, 0.2) is 12.1 Å². The molecule has 0 bridgehead atoms. The smallest absolute Gasteiger partial charge is 0.229 e. The van der Waals surface area contributed by atoms with Crippen LogP contribution in [0.5, 0.6) is 0 Å². The van der Waals surface area contributed by atoms with Gasteiger partial charge in [0.15, 0.2) is 0 Å². The number of anilines is 1. The number of pyridine rings is 1. The lowest BCUT2D eigenvalue weighted by Gasteiger charge is -2.12. The molecule has 1 atom stereocenters. The maximum atomic E-state index is 11.1. The number of aryl methyl sites for hydroxylation is 1. The van der Waals surface area contributed by atoms with E-state index in [0.29, 0.717) is 17.8 Å². The third-order valence-corrected chi connectivity index (χ3v) is 2.68. The molecule has 0 saturated heterocycles. The van der Waals surface area contributed by atoms with Gasteiger partial charge in [0.05, 0.1) is 23.3 Å². The molecular weight excluding hydrogens is 262 g/mol. The first-order chi connectivity index (χ1) is 7.33. The predicted molar refractivity (Wildman–Crippen MR) is 71.9 cm³/mol. The van der Waals surface area contributed by atoms with Gasteiger partial charge in [-0.2, -0.15) is 0 Å². The van der Waals surface area contributed by atoms with Gasteiger partial charge in [0.25, 0.3) is 0 Å². The molecule has 0 aliphatic rings. The zero-order valence-corrected chi connectivity index (χ0v) is 11.7. The monoisotopic (exact) mass is 279 g/mol. The first-order valence-electron chi connectivity index (χ1n) is 5.06. The molecule has 7 heteroatoms. The van der Waals surface area contributed by atoms with E-state index in [1.807, 2.05) is 13.8 Å². The molecule has 1 rings (SSSR count). The molecular formula is C10H18ClN3O2S. The second-order valence-corrected chi connectivity index (χ2v) is 5.50. The molecule has 0 saturated carbocycles. The van der Waals surface area contributed by atoms with E-state index in [0.717, 1.165) is 11.9 Å². The van der Waals surface area contributed by atoms with Gasteiger partial charge in [-0.3, -0.25) is 9.71 Å². The lowest BCUT2D eigenvalue weighted by atomic mass is 10.2. The highest BCUT2D eigenvalue weighted by molar-refractivity contribution is 7.92. The molecule has 0 radical (unpaired) electrons. The summed E-state index contributed by atoms with van der Waals surface area (Å²) in [5.74, 6) is 0. The third kappa shape index (κ3) is 4.89. The minimum Gasteiger partial charge on any atom is -0.323 e. The van der Waals surface area contributed by atoms with Gasteiger partial charge >= 0.3 is 0 Å². The highest BCUT2D eigenvalue weighted by Crippen LogP contribution is 2.18. The van der Waals surface area contributed by atoms with Gasteiger partial charge in [-0.05, 0) is 25.5 Å². The molecule has 0 fully saturated rings. The molecule has 17 heavy (non-hydrogen) atoms. The van der Waals surface area contributed by atoms with Crippen molar-refractivity contribution in [1.29, 1.82) is 0 Å². The van der Waals surface area contributed by atoms with Crippen LogP contribution in [0.25, 0.3) is 0 Å². The number of nitrogens with zero attached hydrogens (tertiary/aromatic N) is 1. The van der Waals surface area contributed by atoms with Crippen molar-refractivity contribution in [2.45, 2.75) is 26.3 Å². The molecule has 1 aromatic heterocycles. The van der Waals surface area contributed by atoms with Gasteiger partial charge in [-0.25, -0.2) is 8.42 Å². The van der Waals surface area contributed by atoms with E-state index in [4.69, 9.17) is 5.73 Å². The number of hydrogen-bond donors (Lipinski definition) is 2. The summed E-state index contributed by atoms with van der Waals surface area (Å²) in [5.41, 5.74) is 7.70. The number of sulfonamides is 1. The SMILES string of the molecule is CCc1nc([C@@H](C)N)ccc1NS(C)(=O)=O.Cl. The molecule has 0 unspecified atom stereocenters. The summed E-state index contributed by atoms with van der Waals surface area (Å²) in [4.78, 5) is 4.32. The molecule has 0 aliphatic carbocycles. The van der Waals surface area contributed by atoms with Crippen molar-refractivity contribution in [2.24, 2.45) is 5.73 Å². The lowest BCUT2D eigenvalue weighted by molar-refractivity contribution is 0.606. The Morgan fingerprint density at radius 3 is 2.47 bits per heavy atom. The van der Waals surface area contributed by atoms with Crippen molar-refractivity contribution in [2.75, 3.05) is 11.0 Å². The van der Waals surface area contributed by atoms with Crippen molar-refractivity contribution in [3.8, 4) is 0 Å². The fourth-order valence-corrected chi connectivity index (χ4v) is 1.92. The van der Waals surface area contributed by atoms with Crippen molar-refractivity contribution < 1.29 is 8.42 Å². The zero-order valence-electron chi connectivity index (χ0n) is 10.1. The van der Waals surface area contributed by atoms with E-state index in [2.05, 4.69) is 9.71 Å². The van der Waals surface area contributed by atoms with Crippen LogP contribution in [-0.4, -0.2) is 19.7 Å². The summed E-state index contributed by atoms with van der Waals surface area (Å²) >= 11 is 0. The van der Waals surface area contributed by atoms with Gasteiger partial charge in [-0.15, -0.1) is 12.4 Å². The second kappa shape index (κ2) is 6.18. The van der Waals surface area contributed by atoms with Crippen LogP contribution in [0.1, 0.15) is 31.3 Å². The normalized spacial score (nSPS) is 12.7. The summed E-state index contributed by atoms with van der Waals surface area (Å²) in [6.07, 6.45) is 1.77. The Morgan fingerprint density at radius 2 is 2.06 bits per heavy atom. The van der Waals surface area contributed by atoms with Crippen LogP contribution in [-0.2, 0) is 16.4 Å². The molecule has 98 valence electrons. The number of halogens is 1. The van der Waals surface area contributed by atoms with E-state index in [9.17, 15) is 8.42 Å². The van der Waals surface area contributed by atoms with Crippen LogP contribution in [0.3, 0.4) is 0 Å². The lowest BCUT2D eigenvalue weighted by Crippen LogP contribution is -2.14. The van der Waals surface area contributed by atoms with Gasteiger partial charge in [0.1, 0.15) is 0 Å². The summed E-state index contributed by atoms with van der Waals surface area (Å²) in [6, 6.07) is 3.28. The van der Waals surface area contributed by atoms with E-state index in [-0.39, 0.29) is 18.4 Å². The van der Waals surface area contributed by atoms with Crippen molar-refractivity contribution in [1.82, 2.24) is 4.98 Å². The first-order valence-corrected chi connectivity index (χ1v) is 6.96. The first kappa shape index (κ1) is 16.1. The number of nitrogens with two attached hydrogens (primary N) is 1. The highest BCUT2D eigenvalue weighted by Gasteiger charge is 2.10. The van der Waals surface area contributed by atoms with E-state index in [1.54, 1.807) is 12.1 Å². The minimum atomic E-state index is -3.26. The van der Waals surface area contributed by atoms with Crippen molar-refractivity contribution >= 4 is 28.1 Å². The second-order valence-electron chi connectivity index (χ2n) is 3.75. The molecule has 1 aromatic rings. The average molecular weight is 280 g/mol. The van der Waals surface area contributed by atoms with Crippen LogP contribution in [0.4, 0.5) is 5.69 Å². The summed E-state index contributed by atoms with van der Waals surface area (Å²) in [5, 5.41) is 0. The summed E-state index contributed by atoms with van der Waals surface area (Å²) in [6.45, 7) is 3.76. The molecule has 0 aliphatic heterocycles. The fourth-order valence-electron chi connectivity index (χ4n) is 1.33. The predicted octanol–water partition coefficient (Wildman–Crippen LogP) is 1.46. The molecule has 5 nitrogen and oxygen atoms in total. The third-order valence-electron chi connectivity index (χ3n) is 2.09. The van der Waals surface area contributed by atoms with Crippen LogP contribution in [0, 0.1) is 0 Å². The van der Waals surface area contributed by atoms with E-state index >= 15 is 0 Å². The summed E-state index contributed by atoms with van der Waals surface area (Å²) in [7, 11) is -3.26. The zero-order chi connectivity index (χ0) is 12.3. The quantitative estimate of drug-likeness (QED) is 0.874. The fraction of sp³-hybridized carbons (Fsp3) is 0.500. The Hall–Kier alpha value is -0.850. The molecule has 0 spiro atoms.